The van der Waals surface area contributed by atoms with E-state index < -0.39 is 0 Å². The molecule has 1 aromatic heterocycles. The average molecular weight is 174 g/mol. The molecule has 0 aliphatic carbocycles. The van der Waals surface area contributed by atoms with E-state index >= 15 is 0 Å². The van der Waals surface area contributed by atoms with Gasteiger partial charge in [0, 0.05) is 0 Å². The summed E-state index contributed by atoms with van der Waals surface area (Å²) in [6.45, 7) is 2.77. The Morgan fingerprint density at radius 2 is 2.00 bits per heavy atom. The van der Waals surface area contributed by atoms with Crippen molar-refractivity contribution in [3.8, 4) is 0 Å². The first kappa shape index (κ1) is 6.77. The van der Waals surface area contributed by atoms with Gasteiger partial charge >= 0.3 is 0 Å². The smallest absolute Gasteiger partial charge is 0.104 e. The number of benzene rings is 1. The molecule has 0 saturated heterocycles. The van der Waals surface area contributed by atoms with Crippen LogP contribution in [0.5, 0.6) is 0 Å². The third-order valence-corrected chi connectivity index (χ3v) is 2.30. The second-order valence-electron chi connectivity index (χ2n) is 3.27. The Balaban J connectivity index is 2.35. The van der Waals surface area contributed by atoms with Gasteiger partial charge in [-0.15, -0.1) is 0 Å². The molecule has 13 heavy (non-hydrogen) atoms. The molecule has 4 nitrogen and oxygen atoms in total. The van der Waals surface area contributed by atoms with Gasteiger partial charge in [-0.2, -0.15) is 0 Å². The number of nitrogens with zero attached hydrogens (tertiary/aromatic N) is 1. The zero-order chi connectivity index (χ0) is 8.84. The van der Waals surface area contributed by atoms with Crippen LogP contribution in [-0.4, -0.2) is 16.6 Å². The molecule has 0 amide bonds. The van der Waals surface area contributed by atoms with Gasteiger partial charge < -0.3 is 15.6 Å². The molecule has 1 aromatic carbocycles. The maximum absolute atomic E-state index is 4.37. The maximum atomic E-state index is 4.37. The molecule has 0 unspecified atom stereocenters. The third kappa shape index (κ3) is 0.884. The first-order chi connectivity index (χ1) is 6.33. The van der Waals surface area contributed by atoms with Gasteiger partial charge in [-0.25, -0.2) is 4.98 Å². The number of aromatic nitrogens is 2. The van der Waals surface area contributed by atoms with Gasteiger partial charge in [0.25, 0.3) is 0 Å². The minimum Gasteiger partial charge on any atom is -0.366 e. The largest absolute Gasteiger partial charge is 0.366 e. The Labute approximate surface area is 75.4 Å². The molecule has 0 spiro atoms. The Bertz CT molecular complexity index is 431. The van der Waals surface area contributed by atoms with Crippen molar-refractivity contribution in [3.63, 3.8) is 0 Å². The van der Waals surface area contributed by atoms with Crippen molar-refractivity contribution in [3.05, 3.63) is 18.0 Å². The lowest BCUT2D eigenvalue weighted by atomic mass is 10.2. The lowest BCUT2D eigenvalue weighted by Gasteiger charge is -1.96. The van der Waals surface area contributed by atoms with E-state index in [2.05, 4.69) is 32.7 Å². The SMILES string of the molecule is Cc1nc2cc3c(cc2[nH]1)NCN3. The molecule has 0 saturated carbocycles. The van der Waals surface area contributed by atoms with Crippen molar-refractivity contribution in [2.75, 3.05) is 17.3 Å². The van der Waals surface area contributed by atoms with Gasteiger partial charge in [-0.1, -0.05) is 0 Å². The number of rotatable bonds is 0. The highest BCUT2D eigenvalue weighted by Gasteiger charge is 2.11. The van der Waals surface area contributed by atoms with Crippen LogP contribution in [0, 0.1) is 6.92 Å². The highest BCUT2D eigenvalue weighted by atomic mass is 15.1. The summed E-state index contributed by atoms with van der Waals surface area (Å²) >= 11 is 0. The van der Waals surface area contributed by atoms with Crippen LogP contribution in [0.25, 0.3) is 11.0 Å². The minimum absolute atomic E-state index is 0.806. The first-order valence-corrected chi connectivity index (χ1v) is 4.31. The van der Waals surface area contributed by atoms with E-state index in [-0.39, 0.29) is 0 Å². The normalized spacial score (nSPS) is 13.9. The summed E-state index contributed by atoms with van der Waals surface area (Å²) in [6.07, 6.45) is 0. The monoisotopic (exact) mass is 174 g/mol. The number of hydrogen-bond donors (Lipinski definition) is 3. The Morgan fingerprint density at radius 1 is 1.23 bits per heavy atom. The Morgan fingerprint density at radius 3 is 2.85 bits per heavy atom. The highest BCUT2D eigenvalue weighted by molar-refractivity contribution is 5.89. The number of aromatic amines is 1. The summed E-state index contributed by atoms with van der Waals surface area (Å²) in [7, 11) is 0. The van der Waals surface area contributed by atoms with Crippen LogP contribution in [0.3, 0.4) is 0 Å². The summed E-state index contributed by atoms with van der Waals surface area (Å²) in [4.78, 5) is 7.58. The van der Waals surface area contributed by atoms with E-state index in [0.29, 0.717) is 0 Å². The van der Waals surface area contributed by atoms with Crippen LogP contribution in [0.1, 0.15) is 5.82 Å². The van der Waals surface area contributed by atoms with Gasteiger partial charge in [0.2, 0.25) is 0 Å². The van der Waals surface area contributed by atoms with Gasteiger partial charge in [-0.3, -0.25) is 0 Å². The van der Waals surface area contributed by atoms with Crippen molar-refractivity contribution in [1.82, 2.24) is 9.97 Å². The summed E-state index contributed by atoms with van der Waals surface area (Å²) in [6, 6.07) is 4.15. The van der Waals surface area contributed by atoms with Crippen molar-refractivity contribution in [1.29, 1.82) is 0 Å². The van der Waals surface area contributed by atoms with E-state index in [1.807, 2.05) is 6.92 Å². The lowest BCUT2D eigenvalue weighted by molar-refractivity contribution is 1.17. The van der Waals surface area contributed by atoms with Crippen molar-refractivity contribution in [2.24, 2.45) is 0 Å². The molecule has 3 rings (SSSR count). The molecule has 2 heterocycles. The quantitative estimate of drug-likeness (QED) is 0.569. The molecular weight excluding hydrogens is 164 g/mol. The standard InChI is InChI=1S/C9H10N4/c1-5-12-8-2-6-7(11-4-10-6)3-9(8)13-5/h2-3,10-11H,4H2,1H3,(H,12,13). The molecule has 0 atom stereocenters. The molecule has 0 radical (unpaired) electrons. The summed E-state index contributed by atoms with van der Waals surface area (Å²) in [5.41, 5.74) is 4.40. The average Bonchev–Trinajstić information content (AvgIpc) is 2.63. The van der Waals surface area contributed by atoms with Crippen LogP contribution in [0.2, 0.25) is 0 Å². The number of fused-ring (bicyclic) bond motifs is 2. The fourth-order valence-electron chi connectivity index (χ4n) is 1.71. The van der Waals surface area contributed by atoms with E-state index in [0.717, 1.165) is 34.9 Å². The summed E-state index contributed by atoms with van der Waals surface area (Å²) in [5.74, 6) is 0.957. The van der Waals surface area contributed by atoms with Gasteiger partial charge in [-0.05, 0) is 19.1 Å². The predicted octanol–water partition coefficient (Wildman–Crippen LogP) is 1.67. The van der Waals surface area contributed by atoms with Gasteiger partial charge in [0.15, 0.2) is 0 Å². The van der Waals surface area contributed by atoms with Crippen molar-refractivity contribution >= 4 is 22.4 Å². The zero-order valence-electron chi connectivity index (χ0n) is 7.31. The third-order valence-electron chi connectivity index (χ3n) is 2.30. The maximum Gasteiger partial charge on any atom is 0.104 e. The van der Waals surface area contributed by atoms with Crippen molar-refractivity contribution in [2.45, 2.75) is 6.92 Å². The highest BCUT2D eigenvalue weighted by Crippen LogP contribution is 2.29. The Hall–Kier alpha value is -1.71. The van der Waals surface area contributed by atoms with Crippen LogP contribution in [-0.2, 0) is 0 Å². The van der Waals surface area contributed by atoms with E-state index in [4.69, 9.17) is 0 Å². The van der Waals surface area contributed by atoms with E-state index in [1.54, 1.807) is 0 Å². The van der Waals surface area contributed by atoms with Gasteiger partial charge in [0.1, 0.15) is 5.82 Å². The molecular formula is C9H10N4. The number of nitrogens with one attached hydrogen (secondary N) is 3. The van der Waals surface area contributed by atoms with Crippen LogP contribution >= 0.6 is 0 Å². The Kier molecular flexibility index (Phi) is 1.12. The topological polar surface area (TPSA) is 52.7 Å². The van der Waals surface area contributed by atoms with Gasteiger partial charge in [0.05, 0.1) is 29.1 Å². The molecule has 1 aliphatic rings. The van der Waals surface area contributed by atoms with Crippen LogP contribution in [0.4, 0.5) is 11.4 Å². The molecule has 2 aromatic rings. The predicted molar refractivity (Wildman–Crippen MR) is 52.9 cm³/mol. The molecule has 66 valence electrons. The number of imidazole rings is 1. The summed E-state index contributed by atoms with van der Waals surface area (Å²) in [5, 5.41) is 6.48. The second-order valence-corrected chi connectivity index (χ2v) is 3.27. The van der Waals surface area contributed by atoms with Crippen LogP contribution < -0.4 is 10.6 Å². The number of anilines is 2. The minimum atomic E-state index is 0.806. The zero-order valence-corrected chi connectivity index (χ0v) is 7.31. The molecule has 3 N–H and O–H groups in total. The number of hydrogen-bond acceptors (Lipinski definition) is 3. The second kappa shape index (κ2) is 2.16. The number of aryl methyl sites for hydroxylation is 1. The molecule has 0 bridgehead atoms. The first-order valence-electron chi connectivity index (χ1n) is 4.31. The molecule has 1 aliphatic heterocycles. The fraction of sp³-hybridized carbons (Fsp3) is 0.222. The van der Waals surface area contributed by atoms with Crippen molar-refractivity contribution < 1.29 is 0 Å². The van der Waals surface area contributed by atoms with E-state index in [9.17, 15) is 0 Å². The van der Waals surface area contributed by atoms with E-state index in [1.165, 1.54) is 0 Å². The lowest BCUT2D eigenvalue weighted by Crippen LogP contribution is -1.98. The molecule has 4 heteroatoms. The van der Waals surface area contributed by atoms with Crippen LogP contribution in [0.15, 0.2) is 12.1 Å². The molecule has 0 fully saturated rings. The number of H-pyrrole nitrogens is 1. The summed E-state index contributed by atoms with van der Waals surface area (Å²) < 4.78 is 0. The fourth-order valence-corrected chi connectivity index (χ4v) is 1.71.